The number of carbonyl (C=O) groups excluding carboxylic acids is 1. The fraction of sp³-hybridized carbons (Fsp3) is 0.550. The summed E-state index contributed by atoms with van der Waals surface area (Å²) in [6, 6.07) is 7.61. The third-order valence-corrected chi connectivity index (χ3v) is 4.80. The van der Waals surface area contributed by atoms with Crippen molar-refractivity contribution in [2.45, 2.75) is 39.2 Å². The van der Waals surface area contributed by atoms with E-state index in [9.17, 15) is 9.59 Å². The maximum absolute atomic E-state index is 13.0. The van der Waals surface area contributed by atoms with Gasteiger partial charge in [0.1, 0.15) is 0 Å². The Morgan fingerprint density at radius 3 is 2.81 bits per heavy atom. The molecule has 0 spiro atoms. The molecule has 146 valence electrons. The molecule has 2 heterocycles. The summed E-state index contributed by atoms with van der Waals surface area (Å²) in [7, 11) is 0. The number of amides is 1. The molecule has 0 saturated carbocycles. The van der Waals surface area contributed by atoms with E-state index < -0.39 is 0 Å². The predicted molar refractivity (Wildman–Crippen MR) is 106 cm³/mol. The summed E-state index contributed by atoms with van der Waals surface area (Å²) in [5.74, 6) is 0.449. The van der Waals surface area contributed by atoms with E-state index in [2.05, 4.69) is 15.2 Å². The van der Waals surface area contributed by atoms with Crippen LogP contribution in [0.5, 0.6) is 0 Å². The Bertz CT molecular complexity index is 828. The zero-order valence-electron chi connectivity index (χ0n) is 15.9. The van der Waals surface area contributed by atoms with Crippen LogP contribution >= 0.6 is 0 Å². The van der Waals surface area contributed by atoms with Gasteiger partial charge in [-0.2, -0.15) is 0 Å². The predicted octanol–water partition coefficient (Wildman–Crippen LogP) is 1.93. The van der Waals surface area contributed by atoms with Crippen molar-refractivity contribution in [1.29, 1.82) is 0 Å². The third-order valence-electron chi connectivity index (χ3n) is 4.80. The van der Waals surface area contributed by atoms with E-state index >= 15 is 0 Å². The summed E-state index contributed by atoms with van der Waals surface area (Å²) in [6.45, 7) is 5.94. The molecular weight excluding hydrogens is 344 g/mol. The van der Waals surface area contributed by atoms with Crippen molar-refractivity contribution in [3.05, 3.63) is 34.6 Å². The lowest BCUT2D eigenvalue weighted by atomic mass is 10.2. The second-order valence-electron chi connectivity index (χ2n) is 6.73. The van der Waals surface area contributed by atoms with E-state index in [4.69, 9.17) is 4.74 Å². The number of nitrogens with one attached hydrogen (secondary N) is 1. The van der Waals surface area contributed by atoms with Gasteiger partial charge < -0.3 is 19.5 Å². The highest BCUT2D eigenvalue weighted by atomic mass is 16.5. The minimum absolute atomic E-state index is 0.0537. The van der Waals surface area contributed by atoms with Crippen LogP contribution in [0.1, 0.15) is 32.6 Å². The number of para-hydroxylation sites is 2. The number of hydrogen-bond acceptors (Lipinski definition) is 5. The van der Waals surface area contributed by atoms with Gasteiger partial charge in [0, 0.05) is 45.8 Å². The molecule has 0 bridgehead atoms. The van der Waals surface area contributed by atoms with Gasteiger partial charge in [-0.3, -0.25) is 9.59 Å². The topological polar surface area (TPSA) is 76.5 Å². The first kappa shape index (κ1) is 19.4. The van der Waals surface area contributed by atoms with Gasteiger partial charge in [0.15, 0.2) is 5.82 Å². The van der Waals surface area contributed by atoms with Gasteiger partial charge in [0.2, 0.25) is 5.91 Å². The Morgan fingerprint density at radius 1 is 1.26 bits per heavy atom. The standard InChI is InChI=1S/C20H28N4O3/c1-2-27-15-7-11-21-18(25)10-14-24-17-9-4-3-8-16(17)22-19(20(24)26)23-12-5-6-13-23/h3-4,8-9H,2,5-7,10-15H2,1H3,(H,21,25). The van der Waals surface area contributed by atoms with Crippen LogP contribution in [0.4, 0.5) is 5.82 Å². The maximum atomic E-state index is 13.0. The molecule has 1 amide bonds. The third kappa shape index (κ3) is 4.86. The molecule has 0 aliphatic carbocycles. The Balaban J connectivity index is 1.72. The zero-order valence-corrected chi connectivity index (χ0v) is 15.9. The number of rotatable bonds is 9. The average molecular weight is 372 g/mol. The summed E-state index contributed by atoms with van der Waals surface area (Å²) in [5, 5.41) is 2.89. The lowest BCUT2D eigenvalue weighted by Crippen LogP contribution is -2.33. The monoisotopic (exact) mass is 372 g/mol. The van der Waals surface area contributed by atoms with E-state index in [0.29, 0.717) is 32.1 Å². The molecule has 0 atom stereocenters. The first-order valence-corrected chi connectivity index (χ1v) is 9.79. The van der Waals surface area contributed by atoms with Crippen LogP contribution in [0.25, 0.3) is 11.0 Å². The highest BCUT2D eigenvalue weighted by Gasteiger charge is 2.20. The molecular formula is C20H28N4O3. The number of aromatic nitrogens is 2. The highest BCUT2D eigenvalue weighted by Crippen LogP contribution is 2.18. The summed E-state index contributed by atoms with van der Waals surface area (Å²) in [4.78, 5) is 31.8. The van der Waals surface area contributed by atoms with Crippen molar-refractivity contribution < 1.29 is 9.53 Å². The van der Waals surface area contributed by atoms with Gasteiger partial charge in [-0.15, -0.1) is 0 Å². The van der Waals surface area contributed by atoms with Crippen molar-refractivity contribution in [2.24, 2.45) is 0 Å². The minimum atomic E-state index is -0.111. The van der Waals surface area contributed by atoms with Crippen LogP contribution in [0, 0.1) is 0 Å². The lowest BCUT2D eigenvalue weighted by Gasteiger charge is -2.19. The maximum Gasteiger partial charge on any atom is 0.294 e. The van der Waals surface area contributed by atoms with Crippen molar-refractivity contribution >= 4 is 22.8 Å². The van der Waals surface area contributed by atoms with Crippen molar-refractivity contribution in [3.63, 3.8) is 0 Å². The molecule has 1 aromatic heterocycles. The fourth-order valence-electron chi connectivity index (χ4n) is 3.38. The van der Waals surface area contributed by atoms with Gasteiger partial charge in [0.05, 0.1) is 11.0 Å². The van der Waals surface area contributed by atoms with Gasteiger partial charge in [-0.05, 0) is 38.3 Å². The van der Waals surface area contributed by atoms with Gasteiger partial charge >= 0.3 is 0 Å². The van der Waals surface area contributed by atoms with E-state index in [1.807, 2.05) is 31.2 Å². The number of hydrogen-bond donors (Lipinski definition) is 1. The van der Waals surface area contributed by atoms with Crippen LogP contribution in [0.2, 0.25) is 0 Å². The smallest absolute Gasteiger partial charge is 0.294 e. The van der Waals surface area contributed by atoms with Crippen molar-refractivity contribution in [2.75, 3.05) is 37.7 Å². The molecule has 1 aliphatic rings. The fourth-order valence-corrected chi connectivity index (χ4v) is 3.38. The van der Waals surface area contributed by atoms with E-state index in [-0.39, 0.29) is 17.9 Å². The Labute approximate surface area is 159 Å². The first-order valence-electron chi connectivity index (χ1n) is 9.79. The van der Waals surface area contributed by atoms with Crippen molar-refractivity contribution in [1.82, 2.24) is 14.9 Å². The molecule has 0 radical (unpaired) electrons. The molecule has 2 aromatic rings. The van der Waals surface area contributed by atoms with Gasteiger partial charge in [-0.1, -0.05) is 12.1 Å². The summed E-state index contributed by atoms with van der Waals surface area (Å²) in [6.07, 6.45) is 3.22. The number of aryl methyl sites for hydroxylation is 1. The van der Waals surface area contributed by atoms with Crippen molar-refractivity contribution in [3.8, 4) is 0 Å². The zero-order chi connectivity index (χ0) is 19.1. The van der Waals surface area contributed by atoms with E-state index in [1.165, 1.54) is 0 Å². The molecule has 1 N–H and O–H groups in total. The number of nitrogens with zero attached hydrogens (tertiary/aromatic N) is 3. The van der Waals surface area contributed by atoms with Gasteiger partial charge in [-0.25, -0.2) is 4.98 Å². The Hall–Kier alpha value is -2.41. The van der Waals surface area contributed by atoms with Crippen LogP contribution in [0.3, 0.4) is 0 Å². The lowest BCUT2D eigenvalue weighted by molar-refractivity contribution is -0.121. The number of benzene rings is 1. The number of fused-ring (bicyclic) bond motifs is 1. The van der Waals surface area contributed by atoms with Crippen LogP contribution in [0.15, 0.2) is 29.1 Å². The average Bonchev–Trinajstić information content (AvgIpc) is 3.21. The van der Waals surface area contributed by atoms with E-state index in [1.54, 1.807) is 4.57 Å². The molecule has 3 rings (SSSR count). The normalized spacial score (nSPS) is 14.0. The molecule has 1 aliphatic heterocycles. The minimum Gasteiger partial charge on any atom is -0.382 e. The molecule has 1 saturated heterocycles. The van der Waals surface area contributed by atoms with E-state index in [0.717, 1.165) is 43.4 Å². The second-order valence-corrected chi connectivity index (χ2v) is 6.73. The first-order chi connectivity index (χ1) is 13.2. The molecule has 1 fully saturated rings. The summed E-state index contributed by atoms with van der Waals surface area (Å²) >= 11 is 0. The molecule has 1 aromatic carbocycles. The Kier molecular flexibility index (Phi) is 6.81. The van der Waals surface area contributed by atoms with Crippen LogP contribution < -0.4 is 15.8 Å². The Morgan fingerprint density at radius 2 is 2.04 bits per heavy atom. The number of anilines is 1. The quantitative estimate of drug-likeness (QED) is 0.681. The molecule has 7 nitrogen and oxygen atoms in total. The summed E-state index contributed by atoms with van der Waals surface area (Å²) in [5.41, 5.74) is 1.45. The summed E-state index contributed by atoms with van der Waals surface area (Å²) < 4.78 is 6.95. The molecule has 7 heteroatoms. The molecule has 27 heavy (non-hydrogen) atoms. The SMILES string of the molecule is CCOCCCNC(=O)CCn1c(=O)c(N2CCCC2)nc2ccccc21. The largest absolute Gasteiger partial charge is 0.382 e. The number of ether oxygens (including phenoxy) is 1. The number of carbonyl (C=O) groups is 1. The molecule has 0 unspecified atom stereocenters. The van der Waals surface area contributed by atoms with Crippen LogP contribution in [-0.2, 0) is 16.1 Å². The van der Waals surface area contributed by atoms with Gasteiger partial charge in [0.25, 0.3) is 5.56 Å². The highest BCUT2D eigenvalue weighted by molar-refractivity contribution is 5.78. The second kappa shape index (κ2) is 9.50. The van der Waals surface area contributed by atoms with Crippen LogP contribution in [-0.4, -0.2) is 48.3 Å².